The van der Waals surface area contributed by atoms with E-state index in [0.717, 1.165) is 0 Å². The minimum atomic E-state index is 0.287. The van der Waals surface area contributed by atoms with Crippen LogP contribution < -0.4 is 10.6 Å². The van der Waals surface area contributed by atoms with Gasteiger partial charge in [-0.05, 0) is 7.05 Å². The zero-order chi connectivity index (χ0) is 5.98. The number of rotatable bonds is 1. The zero-order valence-corrected chi connectivity index (χ0v) is 5.18. The van der Waals surface area contributed by atoms with E-state index in [-0.39, 0.29) is 6.29 Å². The van der Waals surface area contributed by atoms with E-state index in [1.165, 1.54) is 0 Å². The van der Waals surface area contributed by atoms with E-state index in [1.807, 2.05) is 26.5 Å². The van der Waals surface area contributed by atoms with Gasteiger partial charge in [0.25, 0.3) is 0 Å². The van der Waals surface area contributed by atoms with Gasteiger partial charge in [-0.3, -0.25) is 5.32 Å². The fourth-order valence-corrected chi connectivity index (χ4v) is 0.742. The molecule has 0 saturated carbocycles. The molecule has 1 heterocycles. The average molecular weight is 113 g/mol. The molecule has 0 aromatic carbocycles. The van der Waals surface area contributed by atoms with E-state index in [9.17, 15) is 0 Å². The Kier molecular flexibility index (Phi) is 1.39. The van der Waals surface area contributed by atoms with Crippen molar-refractivity contribution in [2.24, 2.45) is 0 Å². The molecule has 0 saturated heterocycles. The van der Waals surface area contributed by atoms with Gasteiger partial charge in [0.05, 0.1) is 0 Å². The first-order valence-corrected chi connectivity index (χ1v) is 2.66. The van der Waals surface area contributed by atoms with Gasteiger partial charge in [0.1, 0.15) is 0 Å². The van der Waals surface area contributed by atoms with Crippen LogP contribution in [0.15, 0.2) is 12.4 Å². The van der Waals surface area contributed by atoms with Crippen LogP contribution in [0, 0.1) is 0 Å². The fraction of sp³-hybridized carbons (Fsp3) is 0.600. The smallest absolute Gasteiger partial charge is 0.154 e. The molecule has 1 aliphatic rings. The number of hydrogen-bond acceptors (Lipinski definition) is 3. The fourth-order valence-electron chi connectivity index (χ4n) is 0.742. The van der Waals surface area contributed by atoms with Crippen LogP contribution in [0.3, 0.4) is 0 Å². The third-order valence-electron chi connectivity index (χ3n) is 1.24. The van der Waals surface area contributed by atoms with Gasteiger partial charge in [-0.25, -0.2) is 0 Å². The Bertz CT molecular complexity index is 99.8. The molecular weight excluding hydrogens is 102 g/mol. The second kappa shape index (κ2) is 2.05. The van der Waals surface area contributed by atoms with E-state index in [4.69, 9.17) is 0 Å². The molecule has 1 atom stereocenters. The third kappa shape index (κ3) is 0.767. The second-order valence-corrected chi connectivity index (χ2v) is 1.84. The molecule has 0 spiro atoms. The Hall–Kier alpha value is -0.700. The molecule has 1 aliphatic heterocycles. The van der Waals surface area contributed by atoms with Crippen molar-refractivity contribution in [3.8, 4) is 0 Å². The molecule has 8 heavy (non-hydrogen) atoms. The summed E-state index contributed by atoms with van der Waals surface area (Å²) < 4.78 is 0. The van der Waals surface area contributed by atoms with E-state index < -0.39 is 0 Å². The lowest BCUT2D eigenvalue weighted by atomic mass is 10.7. The normalized spacial score (nSPS) is 26.2. The average Bonchev–Trinajstić information content (AvgIpc) is 2.14. The largest absolute Gasteiger partial charge is 0.358 e. The van der Waals surface area contributed by atoms with Crippen molar-refractivity contribution in [3.05, 3.63) is 12.4 Å². The van der Waals surface area contributed by atoms with E-state index >= 15 is 0 Å². The molecular formula is C5H11N3. The third-order valence-corrected chi connectivity index (χ3v) is 1.24. The Morgan fingerprint density at radius 2 is 2.50 bits per heavy atom. The standard InChI is InChI=1S/C5H11N3/c1-6-5-7-3-4-8(5)2/h3-7H,1-2H3. The van der Waals surface area contributed by atoms with Crippen molar-refractivity contribution in [1.82, 2.24) is 15.5 Å². The van der Waals surface area contributed by atoms with Gasteiger partial charge >= 0.3 is 0 Å². The molecule has 1 rings (SSSR count). The second-order valence-electron chi connectivity index (χ2n) is 1.84. The molecule has 46 valence electrons. The molecule has 0 fully saturated rings. The molecule has 0 aliphatic carbocycles. The van der Waals surface area contributed by atoms with Crippen LogP contribution in [0.1, 0.15) is 0 Å². The summed E-state index contributed by atoms with van der Waals surface area (Å²) in [6, 6.07) is 0. The van der Waals surface area contributed by atoms with Crippen molar-refractivity contribution >= 4 is 0 Å². The number of nitrogens with zero attached hydrogens (tertiary/aromatic N) is 1. The molecule has 0 aromatic heterocycles. The van der Waals surface area contributed by atoms with Crippen molar-refractivity contribution in [1.29, 1.82) is 0 Å². The van der Waals surface area contributed by atoms with Gasteiger partial charge < -0.3 is 10.2 Å². The number of hydrogen-bond donors (Lipinski definition) is 2. The maximum Gasteiger partial charge on any atom is 0.154 e. The lowest BCUT2D eigenvalue weighted by molar-refractivity contribution is 0.292. The highest BCUT2D eigenvalue weighted by Gasteiger charge is 2.09. The van der Waals surface area contributed by atoms with Crippen LogP contribution >= 0.6 is 0 Å². The summed E-state index contributed by atoms with van der Waals surface area (Å²) in [5.41, 5.74) is 0. The summed E-state index contributed by atoms with van der Waals surface area (Å²) in [4.78, 5) is 2.06. The van der Waals surface area contributed by atoms with Crippen molar-refractivity contribution < 1.29 is 0 Å². The first kappa shape index (κ1) is 5.44. The van der Waals surface area contributed by atoms with Gasteiger partial charge in [0.15, 0.2) is 6.29 Å². The molecule has 1 unspecified atom stereocenters. The molecule has 2 N–H and O–H groups in total. The van der Waals surface area contributed by atoms with Crippen LogP contribution in [0.5, 0.6) is 0 Å². The summed E-state index contributed by atoms with van der Waals surface area (Å²) >= 11 is 0. The van der Waals surface area contributed by atoms with Crippen LogP contribution in [0.4, 0.5) is 0 Å². The summed E-state index contributed by atoms with van der Waals surface area (Å²) in [6.45, 7) is 0. The summed E-state index contributed by atoms with van der Waals surface area (Å²) in [5, 5.41) is 6.16. The van der Waals surface area contributed by atoms with Gasteiger partial charge in [0, 0.05) is 19.4 Å². The van der Waals surface area contributed by atoms with Crippen molar-refractivity contribution in [2.75, 3.05) is 14.1 Å². The Labute approximate surface area is 49.4 Å². The Morgan fingerprint density at radius 3 is 2.75 bits per heavy atom. The number of nitrogens with one attached hydrogen (secondary N) is 2. The topological polar surface area (TPSA) is 27.3 Å². The van der Waals surface area contributed by atoms with E-state index in [2.05, 4.69) is 15.5 Å². The first-order valence-electron chi connectivity index (χ1n) is 2.66. The van der Waals surface area contributed by atoms with Crippen LogP contribution in [0.2, 0.25) is 0 Å². The van der Waals surface area contributed by atoms with Crippen molar-refractivity contribution in [3.63, 3.8) is 0 Å². The molecule has 3 heteroatoms. The minimum Gasteiger partial charge on any atom is -0.358 e. The van der Waals surface area contributed by atoms with Gasteiger partial charge in [-0.1, -0.05) is 0 Å². The summed E-state index contributed by atoms with van der Waals surface area (Å²) in [6.07, 6.45) is 4.19. The predicted molar refractivity (Wildman–Crippen MR) is 32.9 cm³/mol. The highest BCUT2D eigenvalue weighted by atomic mass is 15.4. The molecule has 3 nitrogen and oxygen atoms in total. The van der Waals surface area contributed by atoms with Crippen LogP contribution in [-0.4, -0.2) is 25.3 Å². The van der Waals surface area contributed by atoms with Gasteiger partial charge in [0.2, 0.25) is 0 Å². The van der Waals surface area contributed by atoms with E-state index in [0.29, 0.717) is 0 Å². The summed E-state index contributed by atoms with van der Waals surface area (Å²) in [7, 11) is 3.93. The Balaban J connectivity index is 2.38. The Morgan fingerprint density at radius 1 is 1.75 bits per heavy atom. The quantitative estimate of drug-likeness (QED) is 0.480. The van der Waals surface area contributed by atoms with Crippen molar-refractivity contribution in [2.45, 2.75) is 6.29 Å². The zero-order valence-electron chi connectivity index (χ0n) is 5.18. The molecule has 0 bridgehead atoms. The highest BCUT2D eigenvalue weighted by Crippen LogP contribution is 1.94. The molecule has 0 amide bonds. The minimum absolute atomic E-state index is 0.287. The van der Waals surface area contributed by atoms with Crippen LogP contribution in [0.25, 0.3) is 0 Å². The predicted octanol–water partition coefficient (Wildman–Crippen LogP) is -0.504. The maximum absolute atomic E-state index is 3.09. The monoisotopic (exact) mass is 113 g/mol. The summed E-state index contributed by atoms with van der Waals surface area (Å²) in [5.74, 6) is 0. The lowest BCUT2D eigenvalue weighted by Gasteiger charge is -2.19. The SMILES string of the molecule is CNC1NC=CN1C. The molecule has 0 aromatic rings. The first-order chi connectivity index (χ1) is 3.84. The maximum atomic E-state index is 3.09. The van der Waals surface area contributed by atoms with Crippen LogP contribution in [-0.2, 0) is 0 Å². The van der Waals surface area contributed by atoms with Gasteiger partial charge in [-0.15, -0.1) is 0 Å². The molecule has 0 radical (unpaired) electrons. The van der Waals surface area contributed by atoms with Gasteiger partial charge in [-0.2, -0.15) is 0 Å². The lowest BCUT2D eigenvalue weighted by Crippen LogP contribution is -2.43. The van der Waals surface area contributed by atoms with E-state index in [1.54, 1.807) is 0 Å². The highest BCUT2D eigenvalue weighted by molar-refractivity contribution is 4.90.